The van der Waals surface area contributed by atoms with E-state index in [4.69, 9.17) is 16.0 Å². The fraction of sp³-hybridized carbons (Fsp3) is 0.0625. The molecule has 0 N–H and O–H groups in total. The van der Waals surface area contributed by atoms with Crippen LogP contribution in [0.25, 0.3) is 22.1 Å². The molecular weight excluding hydrogens is 260 g/mol. The summed E-state index contributed by atoms with van der Waals surface area (Å²) in [7, 11) is 0. The number of benzene rings is 2. The zero-order valence-corrected chi connectivity index (χ0v) is 11.1. The molecule has 3 heteroatoms. The number of hydrogen-bond donors (Lipinski definition) is 0. The van der Waals surface area contributed by atoms with Gasteiger partial charge in [-0.2, -0.15) is 0 Å². The predicted octanol–water partition coefficient (Wildman–Crippen LogP) is 4.42. The van der Waals surface area contributed by atoms with Crippen LogP contribution in [0.15, 0.2) is 57.7 Å². The number of fused-ring (bicyclic) bond motifs is 1. The van der Waals surface area contributed by atoms with Crippen LogP contribution in [0, 0.1) is 6.92 Å². The summed E-state index contributed by atoms with van der Waals surface area (Å²) in [5.41, 5.74) is 2.76. The van der Waals surface area contributed by atoms with Gasteiger partial charge < -0.3 is 4.42 Å². The number of halogens is 1. The van der Waals surface area contributed by atoms with Crippen molar-refractivity contribution in [3.8, 4) is 11.1 Å². The highest BCUT2D eigenvalue weighted by Crippen LogP contribution is 2.23. The summed E-state index contributed by atoms with van der Waals surface area (Å²) in [6.45, 7) is 2.01. The smallest absolute Gasteiger partial charge is 0.344 e. The van der Waals surface area contributed by atoms with Gasteiger partial charge in [-0.05, 0) is 36.8 Å². The predicted molar refractivity (Wildman–Crippen MR) is 77.7 cm³/mol. The molecule has 0 fully saturated rings. The van der Waals surface area contributed by atoms with E-state index in [1.165, 1.54) is 0 Å². The van der Waals surface area contributed by atoms with E-state index in [0.29, 0.717) is 16.2 Å². The van der Waals surface area contributed by atoms with Gasteiger partial charge in [0.25, 0.3) is 0 Å². The Morgan fingerprint density at radius 1 is 1.00 bits per heavy atom. The molecule has 0 bridgehead atoms. The van der Waals surface area contributed by atoms with Crippen molar-refractivity contribution in [3.05, 3.63) is 69.5 Å². The fourth-order valence-corrected chi connectivity index (χ4v) is 2.21. The van der Waals surface area contributed by atoms with E-state index in [2.05, 4.69) is 0 Å². The Morgan fingerprint density at radius 3 is 2.47 bits per heavy atom. The molecule has 2 nitrogen and oxygen atoms in total. The number of hydrogen-bond acceptors (Lipinski definition) is 2. The molecule has 0 radical (unpaired) electrons. The van der Waals surface area contributed by atoms with Crippen molar-refractivity contribution in [1.82, 2.24) is 0 Å². The lowest BCUT2D eigenvalue weighted by Gasteiger charge is -2.03. The highest BCUT2D eigenvalue weighted by atomic mass is 35.5. The van der Waals surface area contributed by atoms with Crippen LogP contribution in [0.5, 0.6) is 0 Å². The van der Waals surface area contributed by atoms with E-state index in [1.807, 2.05) is 37.3 Å². The Bertz CT molecular complexity index is 801. The first-order chi connectivity index (χ1) is 9.13. The first-order valence-corrected chi connectivity index (χ1v) is 6.32. The lowest BCUT2D eigenvalue weighted by atomic mass is 10.0. The normalized spacial score (nSPS) is 10.8. The molecule has 94 valence electrons. The van der Waals surface area contributed by atoms with Gasteiger partial charge >= 0.3 is 5.63 Å². The Kier molecular flexibility index (Phi) is 2.88. The number of rotatable bonds is 1. The second-order valence-corrected chi connectivity index (χ2v) is 4.93. The maximum Gasteiger partial charge on any atom is 0.344 e. The topological polar surface area (TPSA) is 30.2 Å². The minimum absolute atomic E-state index is 0.335. The zero-order valence-electron chi connectivity index (χ0n) is 10.3. The fourth-order valence-electron chi connectivity index (χ4n) is 2.03. The molecule has 3 rings (SSSR count). The van der Waals surface area contributed by atoms with Crippen molar-refractivity contribution < 1.29 is 4.42 Å². The van der Waals surface area contributed by atoms with Crippen LogP contribution in [-0.2, 0) is 0 Å². The van der Waals surface area contributed by atoms with Gasteiger partial charge in [0.2, 0.25) is 0 Å². The molecule has 0 spiro atoms. The summed E-state index contributed by atoms with van der Waals surface area (Å²) < 4.78 is 5.32. The molecular formula is C16H11ClO2. The lowest BCUT2D eigenvalue weighted by Crippen LogP contribution is -2.02. The van der Waals surface area contributed by atoms with Gasteiger partial charge in [-0.15, -0.1) is 0 Å². The van der Waals surface area contributed by atoms with Crippen molar-refractivity contribution >= 4 is 22.6 Å². The SMILES string of the molecule is Cc1ccc(-c2cc3cc(Cl)ccc3oc2=O)cc1. The highest BCUT2D eigenvalue weighted by molar-refractivity contribution is 6.31. The lowest BCUT2D eigenvalue weighted by molar-refractivity contribution is 0.563. The molecule has 19 heavy (non-hydrogen) atoms. The Hall–Kier alpha value is -2.06. The van der Waals surface area contributed by atoms with Gasteiger partial charge in [0.15, 0.2) is 0 Å². The molecule has 0 atom stereocenters. The second-order valence-electron chi connectivity index (χ2n) is 4.50. The molecule has 0 aliphatic carbocycles. The van der Waals surface area contributed by atoms with Crippen molar-refractivity contribution in [2.45, 2.75) is 6.92 Å². The summed E-state index contributed by atoms with van der Waals surface area (Å²) in [6.07, 6.45) is 0. The van der Waals surface area contributed by atoms with Gasteiger partial charge in [-0.25, -0.2) is 4.79 Å². The highest BCUT2D eigenvalue weighted by Gasteiger charge is 2.07. The van der Waals surface area contributed by atoms with Crippen LogP contribution < -0.4 is 5.63 Å². The third kappa shape index (κ3) is 2.27. The molecule has 1 aromatic heterocycles. The van der Waals surface area contributed by atoms with Crippen LogP contribution in [0.3, 0.4) is 0 Å². The Labute approximate surface area is 115 Å². The third-order valence-electron chi connectivity index (χ3n) is 3.06. The van der Waals surface area contributed by atoms with E-state index in [0.717, 1.165) is 16.5 Å². The molecule has 0 saturated heterocycles. The van der Waals surface area contributed by atoms with Crippen molar-refractivity contribution in [3.63, 3.8) is 0 Å². The van der Waals surface area contributed by atoms with Gasteiger partial charge in [-0.1, -0.05) is 41.4 Å². The molecule has 0 unspecified atom stereocenters. The quantitative estimate of drug-likeness (QED) is 0.613. The maximum atomic E-state index is 12.0. The van der Waals surface area contributed by atoms with Crippen molar-refractivity contribution in [2.24, 2.45) is 0 Å². The van der Waals surface area contributed by atoms with Crippen LogP contribution in [0.2, 0.25) is 5.02 Å². The van der Waals surface area contributed by atoms with E-state index in [9.17, 15) is 4.79 Å². The summed E-state index contributed by atoms with van der Waals surface area (Å²) in [5, 5.41) is 1.44. The summed E-state index contributed by atoms with van der Waals surface area (Å²) >= 11 is 5.96. The van der Waals surface area contributed by atoms with E-state index in [-0.39, 0.29) is 5.63 Å². The van der Waals surface area contributed by atoms with Gasteiger partial charge in [0, 0.05) is 10.4 Å². The van der Waals surface area contributed by atoms with E-state index in [1.54, 1.807) is 18.2 Å². The molecule has 0 saturated carbocycles. The van der Waals surface area contributed by atoms with Crippen LogP contribution in [0.4, 0.5) is 0 Å². The summed E-state index contributed by atoms with van der Waals surface area (Å²) in [5.74, 6) is 0. The average Bonchev–Trinajstić information content (AvgIpc) is 2.40. The first kappa shape index (κ1) is 12.0. The zero-order chi connectivity index (χ0) is 13.4. The van der Waals surface area contributed by atoms with Gasteiger partial charge in [0.1, 0.15) is 5.58 Å². The molecule has 1 heterocycles. The van der Waals surface area contributed by atoms with Crippen molar-refractivity contribution in [2.75, 3.05) is 0 Å². The largest absolute Gasteiger partial charge is 0.422 e. The summed E-state index contributed by atoms with van der Waals surface area (Å²) in [4.78, 5) is 12.0. The molecule has 0 aliphatic heterocycles. The Balaban J connectivity index is 2.26. The number of aryl methyl sites for hydroxylation is 1. The molecule has 0 aliphatic rings. The molecule has 3 aromatic rings. The van der Waals surface area contributed by atoms with Crippen molar-refractivity contribution in [1.29, 1.82) is 0 Å². The monoisotopic (exact) mass is 270 g/mol. The standard InChI is InChI=1S/C16H11ClO2/c1-10-2-4-11(5-3-10)14-9-12-8-13(17)6-7-15(12)19-16(14)18/h2-9H,1H3. The van der Waals surface area contributed by atoms with Crippen LogP contribution >= 0.6 is 11.6 Å². The molecule has 2 aromatic carbocycles. The Morgan fingerprint density at radius 2 is 1.74 bits per heavy atom. The summed E-state index contributed by atoms with van der Waals surface area (Å²) in [6, 6.07) is 14.8. The van der Waals surface area contributed by atoms with Gasteiger partial charge in [0.05, 0.1) is 5.56 Å². The molecule has 0 amide bonds. The minimum atomic E-state index is -0.335. The minimum Gasteiger partial charge on any atom is -0.422 e. The van der Waals surface area contributed by atoms with E-state index < -0.39 is 0 Å². The maximum absolute atomic E-state index is 12.0. The average molecular weight is 271 g/mol. The van der Waals surface area contributed by atoms with Crippen LogP contribution in [-0.4, -0.2) is 0 Å². The van der Waals surface area contributed by atoms with Gasteiger partial charge in [-0.3, -0.25) is 0 Å². The third-order valence-corrected chi connectivity index (χ3v) is 3.29. The van der Waals surface area contributed by atoms with E-state index >= 15 is 0 Å². The van der Waals surface area contributed by atoms with Crippen LogP contribution in [0.1, 0.15) is 5.56 Å². The second kappa shape index (κ2) is 4.56. The first-order valence-electron chi connectivity index (χ1n) is 5.94.